The minimum Gasteiger partial charge on any atom is -0.383 e. The number of hydrogen-bond donors (Lipinski definition) is 0. The fourth-order valence-corrected chi connectivity index (χ4v) is 4.18. The summed E-state index contributed by atoms with van der Waals surface area (Å²) in [5.41, 5.74) is 3.96. The lowest BCUT2D eigenvalue weighted by molar-refractivity contribution is 0.0545. The van der Waals surface area contributed by atoms with Crippen LogP contribution in [0.5, 0.6) is 0 Å². The first-order chi connectivity index (χ1) is 12.8. The maximum atomic E-state index is 5.60. The van der Waals surface area contributed by atoms with Gasteiger partial charge in [-0.25, -0.2) is 0 Å². The molecule has 0 amide bonds. The zero-order valence-corrected chi connectivity index (χ0v) is 15.5. The summed E-state index contributed by atoms with van der Waals surface area (Å²) in [5, 5.41) is 4.75. The van der Waals surface area contributed by atoms with E-state index < -0.39 is 0 Å². The molecule has 26 heavy (non-hydrogen) atoms. The third kappa shape index (κ3) is 3.82. The monoisotopic (exact) mass is 356 g/mol. The summed E-state index contributed by atoms with van der Waals surface area (Å²) in [6.45, 7) is 5.35. The SMILES string of the molecule is COCC1c2c(cnn2CC2CCOCC2)CCN1Cc1cccnc1. The van der Waals surface area contributed by atoms with E-state index in [2.05, 4.69) is 26.8 Å². The number of fused-ring (bicyclic) bond motifs is 1. The Hall–Kier alpha value is -1.76. The number of rotatable bonds is 6. The molecule has 0 N–H and O–H groups in total. The second-order valence-electron chi connectivity index (χ2n) is 7.35. The molecule has 0 saturated carbocycles. The van der Waals surface area contributed by atoms with Gasteiger partial charge in [-0.15, -0.1) is 0 Å². The Morgan fingerprint density at radius 1 is 1.27 bits per heavy atom. The highest BCUT2D eigenvalue weighted by Gasteiger charge is 2.32. The molecular weight excluding hydrogens is 328 g/mol. The predicted octanol–water partition coefficient (Wildman–Crippen LogP) is 2.45. The smallest absolute Gasteiger partial charge is 0.0760 e. The van der Waals surface area contributed by atoms with Crippen molar-refractivity contribution >= 4 is 0 Å². The number of aromatic nitrogens is 3. The molecule has 4 heterocycles. The minimum absolute atomic E-state index is 0.242. The van der Waals surface area contributed by atoms with Crippen LogP contribution in [-0.2, 0) is 29.0 Å². The number of nitrogens with zero attached hydrogens (tertiary/aromatic N) is 4. The third-order valence-corrected chi connectivity index (χ3v) is 5.59. The van der Waals surface area contributed by atoms with Gasteiger partial charge in [0.25, 0.3) is 0 Å². The number of pyridine rings is 1. The Morgan fingerprint density at radius 2 is 2.15 bits per heavy atom. The molecule has 0 radical (unpaired) electrons. The van der Waals surface area contributed by atoms with Gasteiger partial charge in [0, 0.05) is 52.4 Å². The molecule has 2 aliphatic heterocycles. The summed E-state index contributed by atoms with van der Waals surface area (Å²) in [6, 6.07) is 4.39. The van der Waals surface area contributed by atoms with Crippen molar-refractivity contribution in [3.05, 3.63) is 47.5 Å². The topological polar surface area (TPSA) is 52.4 Å². The lowest BCUT2D eigenvalue weighted by Gasteiger charge is -2.36. The summed E-state index contributed by atoms with van der Waals surface area (Å²) in [5.74, 6) is 0.657. The summed E-state index contributed by atoms with van der Waals surface area (Å²) in [4.78, 5) is 6.77. The third-order valence-electron chi connectivity index (χ3n) is 5.59. The Morgan fingerprint density at radius 3 is 2.92 bits per heavy atom. The maximum Gasteiger partial charge on any atom is 0.0760 e. The summed E-state index contributed by atoms with van der Waals surface area (Å²) < 4.78 is 13.4. The first-order valence-electron chi connectivity index (χ1n) is 9.59. The molecule has 4 rings (SSSR count). The summed E-state index contributed by atoms with van der Waals surface area (Å²) in [7, 11) is 1.79. The zero-order chi connectivity index (χ0) is 17.8. The van der Waals surface area contributed by atoms with E-state index in [1.165, 1.54) is 16.8 Å². The molecule has 2 aromatic heterocycles. The Bertz CT molecular complexity index is 697. The van der Waals surface area contributed by atoms with Crippen LogP contribution in [0.25, 0.3) is 0 Å². The highest BCUT2D eigenvalue weighted by molar-refractivity contribution is 5.26. The first-order valence-corrected chi connectivity index (χ1v) is 9.59. The van der Waals surface area contributed by atoms with Crippen LogP contribution in [-0.4, -0.2) is 53.1 Å². The lowest BCUT2D eigenvalue weighted by Crippen LogP contribution is -2.39. The van der Waals surface area contributed by atoms with Crippen molar-refractivity contribution in [1.29, 1.82) is 0 Å². The maximum absolute atomic E-state index is 5.60. The highest BCUT2D eigenvalue weighted by Crippen LogP contribution is 2.32. The largest absolute Gasteiger partial charge is 0.383 e. The van der Waals surface area contributed by atoms with Crippen molar-refractivity contribution < 1.29 is 9.47 Å². The number of hydrogen-bond acceptors (Lipinski definition) is 5. The van der Waals surface area contributed by atoms with Crippen molar-refractivity contribution in [1.82, 2.24) is 19.7 Å². The minimum atomic E-state index is 0.242. The van der Waals surface area contributed by atoms with Gasteiger partial charge in [-0.1, -0.05) is 6.07 Å². The molecule has 1 saturated heterocycles. The molecule has 0 spiro atoms. The van der Waals surface area contributed by atoms with Crippen molar-refractivity contribution in [2.75, 3.05) is 33.5 Å². The van der Waals surface area contributed by atoms with Crippen LogP contribution < -0.4 is 0 Å². The Labute approximate surface area is 155 Å². The van der Waals surface area contributed by atoms with Crippen LogP contribution in [0.1, 0.15) is 35.7 Å². The highest BCUT2D eigenvalue weighted by atomic mass is 16.5. The van der Waals surface area contributed by atoms with Crippen molar-refractivity contribution in [3.63, 3.8) is 0 Å². The van der Waals surface area contributed by atoms with Crippen LogP contribution in [0, 0.1) is 5.92 Å². The van der Waals surface area contributed by atoms with Gasteiger partial charge in [-0.05, 0) is 42.4 Å². The lowest BCUT2D eigenvalue weighted by atomic mass is 9.97. The van der Waals surface area contributed by atoms with Gasteiger partial charge < -0.3 is 9.47 Å². The van der Waals surface area contributed by atoms with E-state index in [0.717, 1.165) is 52.1 Å². The predicted molar refractivity (Wildman–Crippen MR) is 98.7 cm³/mol. The van der Waals surface area contributed by atoms with Crippen LogP contribution in [0.4, 0.5) is 0 Å². The van der Waals surface area contributed by atoms with Gasteiger partial charge in [0.05, 0.1) is 24.5 Å². The first kappa shape index (κ1) is 17.6. The second kappa shape index (κ2) is 8.29. The summed E-state index contributed by atoms with van der Waals surface area (Å²) in [6.07, 6.45) is 9.15. The average molecular weight is 356 g/mol. The summed E-state index contributed by atoms with van der Waals surface area (Å²) >= 11 is 0. The zero-order valence-electron chi connectivity index (χ0n) is 15.5. The van der Waals surface area contributed by atoms with Gasteiger partial charge >= 0.3 is 0 Å². The fraction of sp³-hybridized carbons (Fsp3) is 0.600. The van der Waals surface area contributed by atoms with E-state index in [1.807, 2.05) is 18.5 Å². The molecule has 2 aromatic rings. The van der Waals surface area contributed by atoms with Crippen molar-refractivity contribution in [2.24, 2.45) is 5.92 Å². The van der Waals surface area contributed by atoms with Gasteiger partial charge in [0.15, 0.2) is 0 Å². The quantitative estimate of drug-likeness (QED) is 0.796. The van der Waals surface area contributed by atoms with E-state index in [-0.39, 0.29) is 6.04 Å². The molecule has 140 valence electrons. The fourth-order valence-electron chi connectivity index (χ4n) is 4.18. The van der Waals surface area contributed by atoms with Gasteiger partial charge in [0.1, 0.15) is 0 Å². The van der Waals surface area contributed by atoms with Crippen molar-refractivity contribution in [2.45, 2.75) is 38.4 Å². The van der Waals surface area contributed by atoms with E-state index >= 15 is 0 Å². The molecule has 0 aliphatic carbocycles. The van der Waals surface area contributed by atoms with Gasteiger partial charge in [0.2, 0.25) is 0 Å². The Balaban J connectivity index is 1.56. The standard InChI is InChI=1S/C20H28N4O2/c1-25-15-19-20-18(4-8-23(19)13-17-3-2-7-21-11-17)12-22-24(20)14-16-5-9-26-10-6-16/h2-3,7,11-12,16,19H,4-6,8-10,13-15H2,1H3. The van der Waals surface area contributed by atoms with E-state index in [0.29, 0.717) is 12.5 Å². The van der Waals surface area contributed by atoms with E-state index in [4.69, 9.17) is 14.6 Å². The molecule has 1 atom stereocenters. The van der Waals surface area contributed by atoms with Crippen LogP contribution in [0.15, 0.2) is 30.7 Å². The molecule has 2 aliphatic rings. The Kier molecular flexibility index (Phi) is 5.62. The van der Waals surface area contributed by atoms with Crippen LogP contribution in [0.2, 0.25) is 0 Å². The normalized spacial score (nSPS) is 21.7. The van der Waals surface area contributed by atoms with Crippen LogP contribution >= 0.6 is 0 Å². The number of methoxy groups -OCH3 is 1. The van der Waals surface area contributed by atoms with Crippen molar-refractivity contribution in [3.8, 4) is 0 Å². The molecule has 0 bridgehead atoms. The molecule has 1 unspecified atom stereocenters. The van der Waals surface area contributed by atoms with Gasteiger partial charge in [-0.3, -0.25) is 14.6 Å². The molecule has 0 aromatic carbocycles. The van der Waals surface area contributed by atoms with E-state index in [9.17, 15) is 0 Å². The van der Waals surface area contributed by atoms with Crippen LogP contribution in [0.3, 0.4) is 0 Å². The molecule has 1 fully saturated rings. The molecule has 6 heteroatoms. The average Bonchev–Trinajstić information content (AvgIpc) is 3.08. The van der Waals surface area contributed by atoms with E-state index in [1.54, 1.807) is 7.11 Å². The number of ether oxygens (including phenoxy) is 2. The molecular formula is C20H28N4O2. The second-order valence-corrected chi connectivity index (χ2v) is 7.35. The van der Waals surface area contributed by atoms with Gasteiger partial charge in [-0.2, -0.15) is 5.10 Å². The molecule has 6 nitrogen and oxygen atoms in total.